The minimum Gasteiger partial charge on any atom is -0.399 e. The second-order valence-corrected chi connectivity index (χ2v) is 5.02. The molecule has 0 spiro atoms. The minimum absolute atomic E-state index is 0.619. The van der Waals surface area contributed by atoms with Crippen molar-refractivity contribution < 1.29 is 0 Å². The molecule has 0 fully saturated rings. The molecule has 1 aromatic heterocycles. The second kappa shape index (κ2) is 6.41. The van der Waals surface area contributed by atoms with E-state index in [1.54, 1.807) is 0 Å². The molecule has 0 atom stereocenters. The third-order valence-electron chi connectivity index (χ3n) is 3.77. The van der Waals surface area contributed by atoms with Gasteiger partial charge in [0.1, 0.15) is 0 Å². The number of aryl methyl sites for hydroxylation is 2. The van der Waals surface area contributed by atoms with Crippen LogP contribution in [-0.4, -0.2) is 9.55 Å². The van der Waals surface area contributed by atoms with Crippen molar-refractivity contribution in [3.63, 3.8) is 0 Å². The van der Waals surface area contributed by atoms with Gasteiger partial charge in [-0.3, -0.25) is 0 Å². The average molecular weight is 257 g/mol. The van der Waals surface area contributed by atoms with Crippen LogP contribution in [0.2, 0.25) is 0 Å². The van der Waals surface area contributed by atoms with Crippen LogP contribution in [0.5, 0.6) is 0 Å². The summed E-state index contributed by atoms with van der Waals surface area (Å²) < 4.78 is 2.29. The number of rotatable bonds is 6. The summed E-state index contributed by atoms with van der Waals surface area (Å²) in [6, 6.07) is 8.13. The maximum Gasteiger partial charge on any atom is 0.0948 e. The van der Waals surface area contributed by atoms with Crippen molar-refractivity contribution in [3.8, 4) is 0 Å². The number of anilines is 1. The van der Waals surface area contributed by atoms with E-state index < -0.39 is 0 Å². The van der Waals surface area contributed by atoms with E-state index in [2.05, 4.69) is 35.5 Å². The molecule has 0 aliphatic carbocycles. The summed E-state index contributed by atoms with van der Waals surface area (Å²) >= 11 is 0. The fraction of sp³-hybridized carbons (Fsp3) is 0.438. The highest BCUT2D eigenvalue weighted by atomic mass is 15.0. The largest absolute Gasteiger partial charge is 0.399 e. The Morgan fingerprint density at radius 3 is 2.47 bits per heavy atom. The van der Waals surface area contributed by atoms with Gasteiger partial charge in [-0.2, -0.15) is 0 Å². The molecular formula is C16H23N3. The van der Waals surface area contributed by atoms with Crippen molar-refractivity contribution >= 4 is 5.69 Å². The highest BCUT2D eigenvalue weighted by Crippen LogP contribution is 2.22. The van der Waals surface area contributed by atoms with Gasteiger partial charge < -0.3 is 10.3 Å². The summed E-state index contributed by atoms with van der Waals surface area (Å²) in [5.74, 6) is 0.619. The first-order valence-electron chi connectivity index (χ1n) is 7.09. The highest BCUT2D eigenvalue weighted by Gasteiger charge is 2.11. The zero-order chi connectivity index (χ0) is 13.7. The Labute approximate surface area is 115 Å². The average Bonchev–Trinajstić information content (AvgIpc) is 2.88. The Morgan fingerprint density at radius 2 is 1.84 bits per heavy atom. The fourth-order valence-electron chi connectivity index (χ4n) is 2.50. The number of nitrogens with two attached hydrogens (primary N) is 1. The van der Waals surface area contributed by atoms with Gasteiger partial charge in [0.2, 0.25) is 0 Å². The maximum atomic E-state index is 5.70. The Hall–Kier alpha value is -1.77. The number of benzene rings is 1. The number of nitrogen functional groups attached to an aromatic ring is 1. The molecule has 2 rings (SSSR count). The number of hydrogen-bond acceptors (Lipinski definition) is 2. The molecule has 0 unspecified atom stereocenters. The van der Waals surface area contributed by atoms with Crippen LogP contribution in [0.4, 0.5) is 5.69 Å². The molecule has 2 aromatic rings. The topological polar surface area (TPSA) is 43.8 Å². The van der Waals surface area contributed by atoms with E-state index in [0.29, 0.717) is 5.92 Å². The second-order valence-electron chi connectivity index (χ2n) is 5.02. The summed E-state index contributed by atoms with van der Waals surface area (Å²) in [6.07, 6.45) is 7.32. The Morgan fingerprint density at radius 1 is 1.16 bits per heavy atom. The summed E-state index contributed by atoms with van der Waals surface area (Å²) in [5.41, 5.74) is 9.20. The molecule has 0 radical (unpaired) electrons. The van der Waals surface area contributed by atoms with Crippen molar-refractivity contribution in [2.24, 2.45) is 0 Å². The lowest BCUT2D eigenvalue weighted by Gasteiger charge is -2.15. The van der Waals surface area contributed by atoms with Gasteiger partial charge in [0.05, 0.1) is 6.33 Å². The van der Waals surface area contributed by atoms with E-state index >= 15 is 0 Å². The van der Waals surface area contributed by atoms with Gasteiger partial charge in [0.25, 0.3) is 0 Å². The summed E-state index contributed by atoms with van der Waals surface area (Å²) in [5, 5.41) is 0. The highest BCUT2D eigenvalue weighted by molar-refractivity contribution is 5.39. The van der Waals surface area contributed by atoms with Gasteiger partial charge in [0, 0.05) is 30.0 Å². The molecule has 0 amide bonds. The van der Waals surface area contributed by atoms with Crippen molar-refractivity contribution in [1.29, 1.82) is 0 Å². The number of imidazole rings is 1. The molecule has 0 bridgehead atoms. The van der Waals surface area contributed by atoms with E-state index in [-0.39, 0.29) is 0 Å². The van der Waals surface area contributed by atoms with Crippen molar-refractivity contribution in [1.82, 2.24) is 9.55 Å². The standard InChI is InChI=1S/C16H23N3/c1-3-14(4-2)16-11-18-12-19(16)10-9-13-5-7-15(17)8-6-13/h5-8,11-12,14H,3-4,9-10,17H2,1-2H3. The van der Waals surface area contributed by atoms with Crippen LogP contribution in [-0.2, 0) is 13.0 Å². The Balaban J connectivity index is 2.03. The zero-order valence-electron chi connectivity index (χ0n) is 11.8. The van der Waals surface area contributed by atoms with E-state index in [0.717, 1.165) is 18.7 Å². The van der Waals surface area contributed by atoms with Gasteiger partial charge in [-0.15, -0.1) is 0 Å². The van der Waals surface area contributed by atoms with Crippen LogP contribution in [0.1, 0.15) is 43.9 Å². The predicted molar refractivity (Wildman–Crippen MR) is 80.1 cm³/mol. The summed E-state index contributed by atoms with van der Waals surface area (Å²) in [7, 11) is 0. The van der Waals surface area contributed by atoms with Crippen LogP contribution < -0.4 is 5.73 Å². The van der Waals surface area contributed by atoms with E-state index in [4.69, 9.17) is 5.73 Å². The lowest BCUT2D eigenvalue weighted by molar-refractivity contribution is 0.562. The minimum atomic E-state index is 0.619. The first-order valence-corrected chi connectivity index (χ1v) is 7.09. The number of nitrogens with zero attached hydrogens (tertiary/aromatic N) is 2. The molecule has 0 aliphatic rings. The summed E-state index contributed by atoms with van der Waals surface area (Å²) in [6.45, 7) is 5.46. The fourth-order valence-corrected chi connectivity index (χ4v) is 2.50. The van der Waals surface area contributed by atoms with Crippen LogP contribution in [0.15, 0.2) is 36.8 Å². The number of hydrogen-bond donors (Lipinski definition) is 1. The molecule has 0 saturated heterocycles. The molecule has 3 nitrogen and oxygen atoms in total. The molecule has 0 saturated carbocycles. The normalized spacial score (nSPS) is 11.1. The van der Waals surface area contributed by atoms with E-state index in [1.165, 1.54) is 24.1 Å². The SMILES string of the molecule is CCC(CC)c1cncn1CCc1ccc(N)cc1. The van der Waals surface area contributed by atoms with E-state index in [9.17, 15) is 0 Å². The zero-order valence-corrected chi connectivity index (χ0v) is 11.8. The van der Waals surface area contributed by atoms with Gasteiger partial charge >= 0.3 is 0 Å². The van der Waals surface area contributed by atoms with Crippen LogP contribution >= 0.6 is 0 Å². The van der Waals surface area contributed by atoms with Gasteiger partial charge in [-0.25, -0.2) is 4.98 Å². The van der Waals surface area contributed by atoms with Crippen molar-refractivity contribution in [2.45, 2.75) is 45.6 Å². The quantitative estimate of drug-likeness (QED) is 0.803. The lowest BCUT2D eigenvalue weighted by atomic mass is 10.00. The third-order valence-corrected chi connectivity index (χ3v) is 3.77. The van der Waals surface area contributed by atoms with Crippen LogP contribution in [0.25, 0.3) is 0 Å². The van der Waals surface area contributed by atoms with Crippen molar-refractivity contribution in [2.75, 3.05) is 5.73 Å². The Kier molecular flexibility index (Phi) is 4.61. The monoisotopic (exact) mass is 257 g/mol. The molecule has 102 valence electrons. The first kappa shape index (κ1) is 13.7. The van der Waals surface area contributed by atoms with Crippen molar-refractivity contribution in [3.05, 3.63) is 48.0 Å². The van der Waals surface area contributed by atoms with Gasteiger partial charge in [-0.1, -0.05) is 26.0 Å². The molecule has 0 aliphatic heterocycles. The molecule has 1 heterocycles. The molecule has 19 heavy (non-hydrogen) atoms. The van der Waals surface area contributed by atoms with Crippen LogP contribution in [0, 0.1) is 0 Å². The maximum absolute atomic E-state index is 5.70. The molecule has 1 aromatic carbocycles. The molecule has 3 heteroatoms. The van der Waals surface area contributed by atoms with E-state index in [1.807, 2.05) is 24.7 Å². The first-order chi connectivity index (χ1) is 9.24. The predicted octanol–water partition coefficient (Wildman–Crippen LogP) is 3.61. The van der Waals surface area contributed by atoms with Gasteiger partial charge in [-0.05, 0) is 37.0 Å². The molecule has 2 N–H and O–H groups in total. The third kappa shape index (κ3) is 3.37. The smallest absolute Gasteiger partial charge is 0.0948 e. The number of aromatic nitrogens is 2. The Bertz CT molecular complexity index is 495. The lowest BCUT2D eigenvalue weighted by Crippen LogP contribution is -2.08. The molecular weight excluding hydrogens is 234 g/mol. The van der Waals surface area contributed by atoms with Crippen LogP contribution in [0.3, 0.4) is 0 Å². The van der Waals surface area contributed by atoms with Gasteiger partial charge in [0.15, 0.2) is 0 Å². The summed E-state index contributed by atoms with van der Waals surface area (Å²) in [4.78, 5) is 4.31.